The van der Waals surface area contributed by atoms with Gasteiger partial charge < -0.3 is 9.84 Å². The van der Waals surface area contributed by atoms with Crippen LogP contribution in [0.2, 0.25) is 0 Å². The second-order valence-electron chi connectivity index (χ2n) is 4.71. The van der Waals surface area contributed by atoms with Crippen molar-refractivity contribution >= 4 is 9.84 Å². The SMILES string of the molecule is O=S1(=O)CCC(NCc2ccon2)c2cc(F)ccc21. The molecule has 0 amide bonds. The van der Waals surface area contributed by atoms with Gasteiger partial charge in [-0.3, -0.25) is 0 Å². The van der Waals surface area contributed by atoms with Crippen LogP contribution in [0.1, 0.15) is 23.7 Å². The Morgan fingerprint density at radius 3 is 3.00 bits per heavy atom. The molecule has 0 radical (unpaired) electrons. The van der Waals surface area contributed by atoms with E-state index in [1.54, 1.807) is 6.07 Å². The summed E-state index contributed by atoms with van der Waals surface area (Å²) in [7, 11) is -3.30. The summed E-state index contributed by atoms with van der Waals surface area (Å²) >= 11 is 0. The zero-order valence-electron chi connectivity index (χ0n) is 10.5. The van der Waals surface area contributed by atoms with Gasteiger partial charge in [-0.05, 0) is 30.2 Å². The number of hydrogen-bond donors (Lipinski definition) is 1. The van der Waals surface area contributed by atoms with Gasteiger partial charge in [0.15, 0.2) is 9.84 Å². The van der Waals surface area contributed by atoms with Crippen molar-refractivity contribution in [1.82, 2.24) is 10.5 Å². The second kappa shape index (κ2) is 4.99. The predicted octanol–water partition coefficient (Wildman–Crippen LogP) is 1.82. The average Bonchev–Trinajstić information content (AvgIpc) is 2.90. The first-order valence-electron chi connectivity index (χ1n) is 6.21. The number of benzene rings is 1. The minimum Gasteiger partial charge on any atom is -0.364 e. The van der Waals surface area contributed by atoms with Crippen LogP contribution in [0.5, 0.6) is 0 Å². The Morgan fingerprint density at radius 2 is 2.25 bits per heavy atom. The molecule has 1 unspecified atom stereocenters. The van der Waals surface area contributed by atoms with Crippen molar-refractivity contribution in [2.24, 2.45) is 0 Å². The zero-order chi connectivity index (χ0) is 14.2. The van der Waals surface area contributed by atoms with Crippen molar-refractivity contribution in [3.8, 4) is 0 Å². The van der Waals surface area contributed by atoms with Gasteiger partial charge in [0, 0.05) is 18.7 Å². The molecule has 0 spiro atoms. The second-order valence-corrected chi connectivity index (χ2v) is 6.79. The van der Waals surface area contributed by atoms with Crippen molar-refractivity contribution < 1.29 is 17.3 Å². The number of nitrogens with one attached hydrogen (secondary N) is 1. The third-order valence-corrected chi connectivity index (χ3v) is 5.19. The van der Waals surface area contributed by atoms with Gasteiger partial charge in [0.25, 0.3) is 0 Å². The van der Waals surface area contributed by atoms with Crippen LogP contribution in [0.4, 0.5) is 4.39 Å². The number of rotatable bonds is 3. The topological polar surface area (TPSA) is 72.2 Å². The molecule has 0 bridgehead atoms. The van der Waals surface area contributed by atoms with Crippen LogP contribution >= 0.6 is 0 Å². The highest BCUT2D eigenvalue weighted by atomic mass is 32.2. The van der Waals surface area contributed by atoms with Crippen LogP contribution in [-0.2, 0) is 16.4 Å². The van der Waals surface area contributed by atoms with Gasteiger partial charge in [-0.25, -0.2) is 12.8 Å². The fraction of sp³-hybridized carbons (Fsp3) is 0.308. The molecule has 106 valence electrons. The third-order valence-electron chi connectivity index (χ3n) is 3.38. The van der Waals surface area contributed by atoms with E-state index in [4.69, 9.17) is 4.52 Å². The van der Waals surface area contributed by atoms with Gasteiger partial charge in [0.05, 0.1) is 16.3 Å². The molecule has 7 heteroatoms. The van der Waals surface area contributed by atoms with Crippen molar-refractivity contribution in [2.45, 2.75) is 23.9 Å². The molecule has 0 fully saturated rings. The summed E-state index contributed by atoms with van der Waals surface area (Å²) in [6.45, 7) is 0.442. The van der Waals surface area contributed by atoms with Crippen molar-refractivity contribution in [3.05, 3.63) is 47.6 Å². The molecule has 1 aromatic heterocycles. The quantitative estimate of drug-likeness (QED) is 0.875. The van der Waals surface area contributed by atoms with Crippen LogP contribution in [0.25, 0.3) is 0 Å². The summed E-state index contributed by atoms with van der Waals surface area (Å²) in [5.74, 6) is -0.378. The summed E-state index contributed by atoms with van der Waals surface area (Å²) in [5, 5.41) is 6.96. The van der Waals surface area contributed by atoms with Gasteiger partial charge in [-0.2, -0.15) is 0 Å². The lowest BCUT2D eigenvalue weighted by Crippen LogP contribution is -2.29. The average molecular weight is 296 g/mol. The molecule has 0 aliphatic carbocycles. The molecular formula is C13H13FN2O3S. The van der Waals surface area contributed by atoms with E-state index in [0.29, 0.717) is 18.5 Å². The molecule has 5 nitrogen and oxygen atoms in total. The normalized spacial score (nSPS) is 20.6. The Bertz CT molecular complexity index is 713. The highest BCUT2D eigenvalue weighted by molar-refractivity contribution is 7.91. The first-order valence-corrected chi connectivity index (χ1v) is 7.86. The first kappa shape index (κ1) is 13.3. The van der Waals surface area contributed by atoms with Gasteiger partial charge in [0.1, 0.15) is 12.1 Å². The summed E-state index contributed by atoms with van der Waals surface area (Å²) in [5.41, 5.74) is 1.20. The van der Waals surface area contributed by atoms with Gasteiger partial charge in [-0.15, -0.1) is 0 Å². The molecule has 2 heterocycles. The fourth-order valence-electron chi connectivity index (χ4n) is 2.38. The van der Waals surface area contributed by atoms with Gasteiger partial charge >= 0.3 is 0 Å². The smallest absolute Gasteiger partial charge is 0.178 e. The molecule has 0 saturated heterocycles. The van der Waals surface area contributed by atoms with Crippen LogP contribution in [0.3, 0.4) is 0 Å². The minimum absolute atomic E-state index is 0.0577. The summed E-state index contributed by atoms with van der Waals surface area (Å²) in [6.07, 6.45) is 1.88. The number of halogens is 1. The molecule has 2 aromatic rings. The van der Waals surface area contributed by atoms with E-state index in [9.17, 15) is 12.8 Å². The van der Waals surface area contributed by atoms with E-state index in [2.05, 4.69) is 10.5 Å². The maximum Gasteiger partial charge on any atom is 0.178 e. The predicted molar refractivity (Wildman–Crippen MR) is 69.2 cm³/mol. The Labute approximate surface area is 115 Å². The van der Waals surface area contributed by atoms with E-state index in [-0.39, 0.29) is 16.7 Å². The van der Waals surface area contributed by atoms with Gasteiger partial charge in [-0.1, -0.05) is 5.16 Å². The molecule has 1 aromatic carbocycles. The lowest BCUT2D eigenvalue weighted by atomic mass is 10.0. The Hall–Kier alpha value is -1.73. The number of nitrogens with zero attached hydrogens (tertiary/aromatic N) is 1. The summed E-state index contributed by atoms with van der Waals surface area (Å²) in [4.78, 5) is 0.211. The monoisotopic (exact) mass is 296 g/mol. The minimum atomic E-state index is -3.30. The largest absolute Gasteiger partial charge is 0.364 e. The standard InChI is InChI=1S/C13H13FN2O3S/c14-9-1-2-13-11(7-9)12(4-6-20(13,17)18)15-8-10-3-5-19-16-10/h1-3,5,7,12,15H,4,6,8H2. The fourth-order valence-corrected chi connectivity index (χ4v) is 3.98. The summed E-state index contributed by atoms with van der Waals surface area (Å²) < 4.78 is 42.1. The van der Waals surface area contributed by atoms with E-state index in [0.717, 1.165) is 5.69 Å². The number of sulfone groups is 1. The molecule has 0 saturated carbocycles. The van der Waals surface area contributed by atoms with Crippen LogP contribution < -0.4 is 5.32 Å². The van der Waals surface area contributed by atoms with E-state index >= 15 is 0 Å². The molecule has 1 aliphatic rings. The van der Waals surface area contributed by atoms with Crippen molar-refractivity contribution in [2.75, 3.05) is 5.75 Å². The van der Waals surface area contributed by atoms with E-state index < -0.39 is 15.7 Å². The van der Waals surface area contributed by atoms with E-state index in [1.807, 2.05) is 0 Å². The van der Waals surface area contributed by atoms with E-state index in [1.165, 1.54) is 24.5 Å². The number of aromatic nitrogens is 1. The zero-order valence-corrected chi connectivity index (χ0v) is 11.4. The maximum absolute atomic E-state index is 13.4. The molecule has 20 heavy (non-hydrogen) atoms. The number of fused-ring (bicyclic) bond motifs is 1. The Morgan fingerprint density at radius 1 is 1.40 bits per heavy atom. The molecule has 1 N–H and O–H groups in total. The highest BCUT2D eigenvalue weighted by Gasteiger charge is 2.30. The third kappa shape index (κ3) is 2.46. The Kier molecular flexibility index (Phi) is 3.31. The molecule has 3 rings (SSSR count). The van der Waals surface area contributed by atoms with Crippen LogP contribution in [0.15, 0.2) is 39.9 Å². The lowest BCUT2D eigenvalue weighted by molar-refractivity contribution is 0.402. The van der Waals surface area contributed by atoms with Crippen molar-refractivity contribution in [3.63, 3.8) is 0 Å². The number of hydrogen-bond acceptors (Lipinski definition) is 5. The first-order chi connectivity index (χ1) is 9.56. The van der Waals surface area contributed by atoms with Crippen molar-refractivity contribution in [1.29, 1.82) is 0 Å². The molecule has 1 atom stereocenters. The van der Waals surface area contributed by atoms with Gasteiger partial charge in [0.2, 0.25) is 0 Å². The lowest BCUT2D eigenvalue weighted by Gasteiger charge is -2.26. The maximum atomic E-state index is 13.4. The molecular weight excluding hydrogens is 283 g/mol. The highest BCUT2D eigenvalue weighted by Crippen LogP contribution is 2.32. The Balaban J connectivity index is 1.89. The van der Waals surface area contributed by atoms with Crippen LogP contribution in [0, 0.1) is 5.82 Å². The van der Waals surface area contributed by atoms with Crippen LogP contribution in [-0.4, -0.2) is 19.3 Å². The molecule has 1 aliphatic heterocycles. The summed E-state index contributed by atoms with van der Waals surface area (Å²) in [6, 6.07) is 5.31.